The molecule has 1 N–H and O–H groups in total. The lowest BCUT2D eigenvalue weighted by atomic mass is 10.3. The fourth-order valence-corrected chi connectivity index (χ4v) is 1.23. The van der Waals surface area contributed by atoms with Crippen LogP contribution in [0.15, 0.2) is 23.1 Å². The Morgan fingerprint density at radius 2 is 2.25 bits per heavy atom. The van der Waals surface area contributed by atoms with Gasteiger partial charge in [-0.05, 0) is 6.07 Å². The van der Waals surface area contributed by atoms with Gasteiger partial charge in [-0.3, -0.25) is 10.1 Å². The lowest BCUT2D eigenvalue weighted by Gasteiger charge is -1.97. The highest BCUT2D eigenvalue weighted by Gasteiger charge is 2.08. The zero-order valence-corrected chi connectivity index (χ0v) is 7.30. The second-order valence-electron chi connectivity index (χ2n) is 1.96. The molecule has 0 saturated carbocycles. The van der Waals surface area contributed by atoms with Crippen LogP contribution in [-0.2, 0) is 0 Å². The Morgan fingerprint density at radius 3 is 2.75 bits per heavy atom. The summed E-state index contributed by atoms with van der Waals surface area (Å²) in [5.41, 5.74) is -0.0871. The molecule has 0 unspecified atom stereocenters. The molecule has 0 bridgehead atoms. The number of rotatable bonds is 2. The molecule has 0 radical (unpaired) electrons. The molecule has 4 nitrogen and oxygen atoms in total. The van der Waals surface area contributed by atoms with E-state index in [-0.39, 0.29) is 10.6 Å². The first-order valence-electron chi connectivity index (χ1n) is 2.90. The van der Waals surface area contributed by atoms with Crippen LogP contribution in [0.5, 0.6) is 0 Å². The molecule has 0 atom stereocenters. The molecule has 0 fully saturated rings. The maximum Gasteiger partial charge on any atom is 0.270 e. The van der Waals surface area contributed by atoms with Crippen LogP contribution in [0.2, 0.25) is 5.02 Å². The molecule has 0 aliphatic heterocycles. The van der Waals surface area contributed by atoms with Gasteiger partial charge in [0.25, 0.3) is 5.69 Å². The second kappa shape index (κ2) is 3.75. The molecule has 0 aliphatic rings. The number of nitro benzene ring substituents is 1. The fourth-order valence-electron chi connectivity index (χ4n) is 0.676. The van der Waals surface area contributed by atoms with E-state index in [4.69, 9.17) is 16.2 Å². The summed E-state index contributed by atoms with van der Waals surface area (Å²) in [5.74, 6) is 0. The van der Waals surface area contributed by atoms with Crippen molar-refractivity contribution in [2.24, 2.45) is 0 Å². The summed E-state index contributed by atoms with van der Waals surface area (Å²) in [5, 5.41) is 10.6. The minimum atomic E-state index is -0.546. The van der Waals surface area contributed by atoms with Gasteiger partial charge in [-0.1, -0.05) is 11.6 Å². The van der Waals surface area contributed by atoms with Crippen LogP contribution >= 0.6 is 23.6 Å². The number of hydrogen-bond acceptors (Lipinski definition) is 4. The van der Waals surface area contributed by atoms with Gasteiger partial charge in [-0.25, -0.2) is 0 Å². The smallest absolute Gasteiger partial charge is 0.270 e. The van der Waals surface area contributed by atoms with Crippen molar-refractivity contribution >= 4 is 29.3 Å². The average molecular weight is 206 g/mol. The average Bonchev–Trinajstić information content (AvgIpc) is 2.05. The molecule has 0 aliphatic carbocycles. The van der Waals surface area contributed by atoms with Crippen LogP contribution in [-0.4, -0.2) is 9.48 Å². The monoisotopic (exact) mass is 205 g/mol. The van der Waals surface area contributed by atoms with Crippen LogP contribution in [0.4, 0.5) is 5.69 Å². The van der Waals surface area contributed by atoms with Gasteiger partial charge in [0.15, 0.2) is 0 Å². The summed E-state index contributed by atoms with van der Waals surface area (Å²) >= 11 is 5.99. The molecule has 6 heteroatoms. The van der Waals surface area contributed by atoms with Crippen LogP contribution in [0.1, 0.15) is 0 Å². The summed E-state index contributed by atoms with van der Waals surface area (Å²) < 4.78 is 8.63. The van der Waals surface area contributed by atoms with Crippen molar-refractivity contribution in [1.82, 2.24) is 0 Å². The van der Waals surface area contributed by atoms with Gasteiger partial charge in [0.2, 0.25) is 0 Å². The largest absolute Gasteiger partial charge is 0.325 e. The van der Waals surface area contributed by atoms with Crippen molar-refractivity contribution in [3.8, 4) is 0 Å². The Labute approximate surface area is 77.5 Å². The Kier molecular flexibility index (Phi) is 2.91. The minimum Gasteiger partial charge on any atom is -0.325 e. The van der Waals surface area contributed by atoms with Gasteiger partial charge in [-0.15, -0.1) is 0 Å². The van der Waals surface area contributed by atoms with Crippen molar-refractivity contribution in [2.75, 3.05) is 0 Å². The van der Waals surface area contributed by atoms with Crippen molar-refractivity contribution in [1.29, 1.82) is 0 Å². The quantitative estimate of drug-likeness (QED) is 0.458. The number of nitro groups is 1. The molecule has 64 valence electrons. The third-order valence-electron chi connectivity index (χ3n) is 1.22. The molecule has 0 saturated heterocycles. The van der Waals surface area contributed by atoms with E-state index in [1.54, 1.807) is 0 Å². The number of hydrogen-bond donors (Lipinski definition) is 1. The lowest BCUT2D eigenvalue weighted by molar-refractivity contribution is -0.385. The van der Waals surface area contributed by atoms with Gasteiger partial charge in [0.1, 0.15) is 0 Å². The minimum absolute atomic E-state index is 0.0871. The summed E-state index contributed by atoms with van der Waals surface area (Å²) in [4.78, 5) is 9.99. The fraction of sp³-hybridized carbons (Fsp3) is 0. The topological polar surface area (TPSA) is 63.4 Å². The first-order valence-corrected chi connectivity index (χ1v) is 4.05. The van der Waals surface area contributed by atoms with Crippen molar-refractivity contribution in [2.45, 2.75) is 4.90 Å². The molecule has 1 rings (SSSR count). The first-order chi connectivity index (χ1) is 5.65. The van der Waals surface area contributed by atoms with Crippen molar-refractivity contribution < 1.29 is 9.48 Å². The van der Waals surface area contributed by atoms with E-state index in [2.05, 4.69) is 0 Å². The maximum absolute atomic E-state index is 10.3. The molecular weight excluding hydrogens is 202 g/mol. The second-order valence-corrected chi connectivity index (χ2v) is 2.99. The molecule has 1 aromatic carbocycles. The van der Waals surface area contributed by atoms with E-state index >= 15 is 0 Å². The highest BCUT2D eigenvalue weighted by molar-refractivity contribution is 7.93. The van der Waals surface area contributed by atoms with Crippen LogP contribution in [0, 0.1) is 10.1 Å². The third-order valence-corrected chi connectivity index (χ3v) is 2.20. The van der Waals surface area contributed by atoms with Gasteiger partial charge >= 0.3 is 0 Å². The first kappa shape index (κ1) is 9.31. The van der Waals surface area contributed by atoms with Crippen LogP contribution in [0.3, 0.4) is 0 Å². The van der Waals surface area contributed by atoms with E-state index in [0.717, 1.165) is 0 Å². The Bertz CT molecular complexity index is 318. The normalized spacial score (nSPS) is 9.83. The summed E-state index contributed by atoms with van der Waals surface area (Å²) in [6.45, 7) is 0. The summed E-state index contributed by atoms with van der Waals surface area (Å²) in [6, 6.07) is 3.87. The molecule has 0 amide bonds. The van der Waals surface area contributed by atoms with E-state index in [9.17, 15) is 10.1 Å². The van der Waals surface area contributed by atoms with Gasteiger partial charge < -0.3 is 4.55 Å². The SMILES string of the molecule is O=[N+]([O-])c1ccc(Cl)c(SO)c1. The van der Waals surface area contributed by atoms with E-state index < -0.39 is 4.92 Å². The zero-order chi connectivity index (χ0) is 9.14. The zero-order valence-electron chi connectivity index (χ0n) is 5.73. The molecule has 0 aromatic heterocycles. The number of non-ortho nitro benzene ring substituents is 1. The standard InChI is InChI=1S/C6H4ClNO3S/c7-5-2-1-4(8(9)10)3-6(5)12-11/h1-3,11H. The van der Waals surface area contributed by atoms with Crippen LogP contribution in [0.25, 0.3) is 0 Å². The summed E-state index contributed by atoms with van der Waals surface area (Å²) in [7, 11) is 0. The Hall–Kier alpha value is -0.780. The highest BCUT2D eigenvalue weighted by atomic mass is 35.5. The van der Waals surface area contributed by atoms with Gasteiger partial charge in [0, 0.05) is 24.2 Å². The van der Waals surface area contributed by atoms with E-state index in [1.165, 1.54) is 18.2 Å². The molecular formula is C6H4ClNO3S. The Morgan fingerprint density at radius 1 is 1.58 bits per heavy atom. The predicted molar refractivity (Wildman–Crippen MR) is 46.6 cm³/mol. The molecule has 0 heterocycles. The van der Waals surface area contributed by atoms with Crippen LogP contribution < -0.4 is 0 Å². The number of benzene rings is 1. The number of nitrogens with zero attached hydrogens (tertiary/aromatic N) is 1. The summed E-state index contributed by atoms with van der Waals surface area (Å²) in [6.07, 6.45) is 0. The van der Waals surface area contributed by atoms with Gasteiger partial charge in [0.05, 0.1) is 14.8 Å². The molecule has 12 heavy (non-hydrogen) atoms. The third kappa shape index (κ3) is 1.88. The number of halogens is 1. The van der Waals surface area contributed by atoms with Gasteiger partial charge in [-0.2, -0.15) is 0 Å². The highest BCUT2D eigenvalue weighted by Crippen LogP contribution is 2.28. The molecule has 0 spiro atoms. The predicted octanol–water partition coefficient (Wildman–Crippen LogP) is 2.81. The van der Waals surface area contributed by atoms with E-state index in [0.29, 0.717) is 17.1 Å². The maximum atomic E-state index is 10.3. The lowest BCUT2D eigenvalue weighted by Crippen LogP contribution is -1.87. The van der Waals surface area contributed by atoms with Crippen molar-refractivity contribution in [3.05, 3.63) is 33.3 Å². The molecule has 1 aromatic rings. The Balaban J connectivity index is 3.13. The van der Waals surface area contributed by atoms with E-state index in [1.807, 2.05) is 0 Å². The van der Waals surface area contributed by atoms with Crippen molar-refractivity contribution in [3.63, 3.8) is 0 Å².